The van der Waals surface area contributed by atoms with Crippen molar-refractivity contribution in [3.05, 3.63) is 52.3 Å². The number of benzene rings is 1. The third-order valence-corrected chi connectivity index (χ3v) is 5.11. The fourth-order valence-corrected chi connectivity index (χ4v) is 3.74. The van der Waals surface area contributed by atoms with Crippen molar-refractivity contribution in [3.8, 4) is 0 Å². The second-order valence-electron chi connectivity index (χ2n) is 7.27. The molecular formula is C21H26ClN3O. The van der Waals surface area contributed by atoms with Crippen LogP contribution in [0, 0.1) is 5.92 Å². The van der Waals surface area contributed by atoms with Crippen molar-refractivity contribution in [1.82, 2.24) is 10.3 Å². The van der Waals surface area contributed by atoms with Crippen LogP contribution in [-0.4, -0.2) is 30.9 Å². The van der Waals surface area contributed by atoms with Gasteiger partial charge in [0.2, 0.25) is 0 Å². The van der Waals surface area contributed by atoms with Crippen molar-refractivity contribution in [3.63, 3.8) is 0 Å². The maximum atomic E-state index is 12.2. The molecule has 2 aromatic rings. The highest BCUT2D eigenvalue weighted by atomic mass is 35.5. The Balaban J connectivity index is 1.90. The summed E-state index contributed by atoms with van der Waals surface area (Å²) in [6.07, 6.45) is 4.24. The van der Waals surface area contributed by atoms with E-state index in [9.17, 15) is 4.79 Å². The molecule has 1 aliphatic rings. The molecule has 0 bridgehead atoms. The molecule has 0 atom stereocenters. The lowest BCUT2D eigenvalue weighted by molar-refractivity contribution is 0.0963. The molecule has 0 saturated heterocycles. The van der Waals surface area contributed by atoms with Gasteiger partial charge in [-0.25, -0.2) is 0 Å². The van der Waals surface area contributed by atoms with Gasteiger partial charge >= 0.3 is 0 Å². The van der Waals surface area contributed by atoms with Gasteiger partial charge in [0.1, 0.15) is 5.69 Å². The van der Waals surface area contributed by atoms with E-state index in [1.54, 1.807) is 6.20 Å². The Bertz CT molecular complexity index is 787. The smallest absolute Gasteiger partial charge is 0.181 e. The van der Waals surface area contributed by atoms with Gasteiger partial charge in [-0.1, -0.05) is 31.5 Å². The van der Waals surface area contributed by atoms with Gasteiger partial charge < -0.3 is 10.2 Å². The van der Waals surface area contributed by atoms with Gasteiger partial charge in [-0.2, -0.15) is 0 Å². The largest absolute Gasteiger partial charge is 0.342 e. The van der Waals surface area contributed by atoms with Crippen molar-refractivity contribution < 1.29 is 4.79 Å². The van der Waals surface area contributed by atoms with Gasteiger partial charge in [-0.05, 0) is 61.2 Å². The molecule has 1 N–H and O–H groups in total. The van der Waals surface area contributed by atoms with Gasteiger partial charge in [0.25, 0.3) is 0 Å². The predicted octanol–water partition coefficient (Wildman–Crippen LogP) is 4.42. The number of carbonyl (C=O) groups excluding carboxylic acids is 1. The van der Waals surface area contributed by atoms with Crippen LogP contribution in [0.1, 0.15) is 41.9 Å². The first-order valence-corrected chi connectivity index (χ1v) is 9.59. The Morgan fingerprint density at radius 1 is 1.23 bits per heavy atom. The molecule has 0 aliphatic carbocycles. The molecule has 1 aromatic carbocycles. The Hall–Kier alpha value is -1.91. The number of aromatic nitrogens is 1. The molecule has 0 amide bonds. The molecule has 0 unspecified atom stereocenters. The molecule has 2 heterocycles. The molecule has 0 radical (unpaired) electrons. The highest BCUT2D eigenvalue weighted by molar-refractivity contribution is 6.33. The first kappa shape index (κ1) is 18.9. The number of hydrogen-bond donors (Lipinski definition) is 1. The third-order valence-electron chi connectivity index (χ3n) is 4.80. The number of carbonyl (C=O) groups is 1. The number of fused-ring (bicyclic) bond motifs is 1. The Morgan fingerprint density at radius 3 is 2.69 bits per heavy atom. The maximum Gasteiger partial charge on any atom is 0.181 e. The van der Waals surface area contributed by atoms with Crippen molar-refractivity contribution in [2.45, 2.75) is 33.1 Å². The van der Waals surface area contributed by atoms with E-state index in [1.807, 2.05) is 39.1 Å². The molecule has 3 rings (SSSR count). The van der Waals surface area contributed by atoms with Gasteiger partial charge in [0, 0.05) is 13.5 Å². The zero-order valence-electron chi connectivity index (χ0n) is 15.7. The van der Waals surface area contributed by atoms with Crippen molar-refractivity contribution >= 4 is 28.8 Å². The van der Waals surface area contributed by atoms with E-state index < -0.39 is 0 Å². The monoisotopic (exact) mass is 371 g/mol. The van der Waals surface area contributed by atoms with Crippen LogP contribution in [0.25, 0.3) is 0 Å². The van der Waals surface area contributed by atoms with Crippen LogP contribution in [0.3, 0.4) is 0 Å². The molecule has 4 nitrogen and oxygen atoms in total. The fraction of sp³-hybridized carbons (Fsp3) is 0.429. The average Bonchev–Trinajstić information content (AvgIpc) is 2.86. The molecule has 0 fully saturated rings. The second-order valence-corrected chi connectivity index (χ2v) is 7.67. The molecule has 26 heavy (non-hydrogen) atoms. The normalized spacial score (nSPS) is 14.0. The zero-order valence-corrected chi connectivity index (χ0v) is 16.4. The minimum Gasteiger partial charge on any atom is -0.342 e. The number of halogens is 1. The minimum atomic E-state index is 0.0897. The van der Waals surface area contributed by atoms with Crippen molar-refractivity contribution in [2.24, 2.45) is 5.92 Å². The molecule has 1 aromatic heterocycles. The lowest BCUT2D eigenvalue weighted by atomic mass is 10.00. The number of ketones is 1. The summed E-state index contributed by atoms with van der Waals surface area (Å²) in [4.78, 5) is 18.7. The summed E-state index contributed by atoms with van der Waals surface area (Å²) < 4.78 is 0. The fourth-order valence-electron chi connectivity index (χ4n) is 3.44. The topological polar surface area (TPSA) is 45.2 Å². The van der Waals surface area contributed by atoms with Gasteiger partial charge in [-0.15, -0.1) is 0 Å². The summed E-state index contributed by atoms with van der Waals surface area (Å²) in [6.45, 7) is 6.02. The first-order chi connectivity index (χ1) is 12.5. The summed E-state index contributed by atoms with van der Waals surface area (Å²) in [5.41, 5.74) is 5.13. The highest BCUT2D eigenvalue weighted by Crippen LogP contribution is 2.36. The number of nitrogens with one attached hydrogen (secondary N) is 1. The van der Waals surface area contributed by atoms with Gasteiger partial charge in [-0.3, -0.25) is 9.78 Å². The summed E-state index contributed by atoms with van der Waals surface area (Å²) in [5.74, 6) is 0.422. The van der Waals surface area contributed by atoms with E-state index in [1.165, 1.54) is 11.1 Å². The van der Waals surface area contributed by atoms with Crippen LogP contribution in [0.5, 0.6) is 0 Å². The van der Waals surface area contributed by atoms with Gasteiger partial charge in [0.15, 0.2) is 5.78 Å². The van der Waals surface area contributed by atoms with E-state index in [0.29, 0.717) is 18.0 Å². The maximum absolute atomic E-state index is 12.2. The second kappa shape index (κ2) is 8.19. The lowest BCUT2D eigenvalue weighted by Crippen LogP contribution is -2.17. The Morgan fingerprint density at radius 2 is 2.00 bits per heavy atom. The van der Waals surface area contributed by atoms with Crippen LogP contribution in [0.15, 0.2) is 30.5 Å². The Labute approximate surface area is 160 Å². The number of pyridine rings is 1. The summed E-state index contributed by atoms with van der Waals surface area (Å²) in [5, 5.41) is 4.19. The summed E-state index contributed by atoms with van der Waals surface area (Å²) in [7, 11) is 2.01. The average molecular weight is 372 g/mol. The molecule has 138 valence electrons. The number of rotatable bonds is 5. The van der Waals surface area contributed by atoms with Crippen LogP contribution < -0.4 is 10.2 Å². The van der Waals surface area contributed by atoms with E-state index in [4.69, 9.17) is 11.6 Å². The number of Topliss-reactive ketones (excluding diaryl/α,β-unsaturated/α-hetero) is 1. The molecule has 0 saturated carbocycles. The van der Waals surface area contributed by atoms with E-state index in [-0.39, 0.29) is 5.78 Å². The number of hydrogen-bond acceptors (Lipinski definition) is 4. The van der Waals surface area contributed by atoms with Crippen molar-refractivity contribution in [2.75, 3.05) is 25.0 Å². The van der Waals surface area contributed by atoms with Crippen LogP contribution in [0.2, 0.25) is 5.02 Å². The first-order valence-electron chi connectivity index (χ1n) is 9.21. The van der Waals surface area contributed by atoms with Crippen LogP contribution in [0.4, 0.5) is 11.4 Å². The lowest BCUT2D eigenvalue weighted by Gasteiger charge is -2.25. The number of anilines is 2. The molecule has 0 spiro atoms. The summed E-state index contributed by atoms with van der Waals surface area (Å²) >= 11 is 6.56. The SMILES string of the molecule is CC(C)CC(=O)c1ccc(N(C)c2c(Cl)ccc3c2CCNCC3)cn1. The van der Waals surface area contributed by atoms with Crippen LogP contribution >= 0.6 is 11.6 Å². The number of nitrogens with zero attached hydrogens (tertiary/aromatic N) is 2. The van der Waals surface area contributed by atoms with E-state index in [0.717, 1.165) is 42.3 Å². The van der Waals surface area contributed by atoms with Crippen LogP contribution in [-0.2, 0) is 12.8 Å². The van der Waals surface area contributed by atoms with E-state index >= 15 is 0 Å². The van der Waals surface area contributed by atoms with E-state index in [2.05, 4.69) is 21.3 Å². The summed E-state index contributed by atoms with van der Waals surface area (Å²) in [6, 6.07) is 7.87. The zero-order chi connectivity index (χ0) is 18.7. The quantitative estimate of drug-likeness (QED) is 0.790. The van der Waals surface area contributed by atoms with Crippen molar-refractivity contribution in [1.29, 1.82) is 0 Å². The highest BCUT2D eigenvalue weighted by Gasteiger charge is 2.19. The molecule has 1 aliphatic heterocycles. The Kier molecular flexibility index (Phi) is 5.94. The third kappa shape index (κ3) is 4.08. The molecule has 5 heteroatoms. The predicted molar refractivity (Wildman–Crippen MR) is 108 cm³/mol. The van der Waals surface area contributed by atoms with Gasteiger partial charge in [0.05, 0.1) is 22.6 Å². The standard InChI is InChI=1S/C21H26ClN3O/c1-14(2)12-20(26)19-7-5-16(13-24-19)25(3)21-17-9-11-23-10-8-15(17)4-6-18(21)22/h4-7,13-14,23H,8-12H2,1-3H3. The minimum absolute atomic E-state index is 0.0897. The molecular weight excluding hydrogens is 346 g/mol.